The molecule has 1 heterocycles. The molecule has 1 aromatic rings. The third-order valence-electron chi connectivity index (χ3n) is 5.35. The number of amides is 2. The van der Waals surface area contributed by atoms with Gasteiger partial charge in [-0.25, -0.2) is 4.79 Å². The number of aliphatic carboxylic acids is 1. The van der Waals surface area contributed by atoms with Gasteiger partial charge in [0.2, 0.25) is 0 Å². The highest BCUT2D eigenvalue weighted by Crippen LogP contribution is 2.24. The average Bonchev–Trinajstić information content (AvgIpc) is 2.68. The van der Waals surface area contributed by atoms with Crippen LogP contribution in [0.15, 0.2) is 24.3 Å². The summed E-state index contributed by atoms with van der Waals surface area (Å²) in [5, 5.41) is 14.8. The fraction of sp³-hybridized carbons (Fsp3) is 0.600. The van der Waals surface area contributed by atoms with E-state index in [4.69, 9.17) is 14.6 Å². The zero-order valence-electron chi connectivity index (χ0n) is 15.5. The van der Waals surface area contributed by atoms with Gasteiger partial charge in [0.1, 0.15) is 5.75 Å². The molecule has 0 radical (unpaired) electrons. The van der Waals surface area contributed by atoms with Gasteiger partial charge < -0.3 is 25.2 Å². The van der Waals surface area contributed by atoms with Gasteiger partial charge in [-0.2, -0.15) is 0 Å². The summed E-state index contributed by atoms with van der Waals surface area (Å²) in [5.41, 5.74) is 0.699. The van der Waals surface area contributed by atoms with Crippen LogP contribution < -0.4 is 15.4 Å². The van der Waals surface area contributed by atoms with Crippen molar-refractivity contribution in [3.8, 4) is 5.75 Å². The van der Waals surface area contributed by atoms with Crippen molar-refractivity contribution in [3.05, 3.63) is 24.3 Å². The van der Waals surface area contributed by atoms with Crippen LogP contribution in [0.1, 0.15) is 38.5 Å². The minimum Gasteiger partial charge on any atom is -0.493 e. The van der Waals surface area contributed by atoms with E-state index in [1.165, 1.54) is 0 Å². The summed E-state index contributed by atoms with van der Waals surface area (Å²) in [5.74, 6) is 0.315. The second-order valence-electron chi connectivity index (χ2n) is 7.38. The predicted molar refractivity (Wildman–Crippen MR) is 101 cm³/mol. The summed E-state index contributed by atoms with van der Waals surface area (Å²) in [6.07, 6.45) is 4.69. The normalized spacial score (nSPS) is 23.4. The van der Waals surface area contributed by atoms with Gasteiger partial charge in [0, 0.05) is 24.9 Å². The number of hydrogen-bond acceptors (Lipinski definition) is 4. The Hall–Kier alpha value is -2.28. The Balaban J connectivity index is 1.38. The van der Waals surface area contributed by atoms with Gasteiger partial charge in [0.05, 0.1) is 12.5 Å². The smallest absolute Gasteiger partial charge is 0.319 e. The lowest BCUT2D eigenvalue weighted by atomic mass is 9.86. The van der Waals surface area contributed by atoms with Crippen molar-refractivity contribution < 1.29 is 24.2 Å². The first-order valence-corrected chi connectivity index (χ1v) is 9.71. The standard InChI is InChI=1S/C20H28N2O5/c23-19(24)15-1-3-16(4-2-15)21-20(25)22-17-5-7-18(8-6-17)27-13-14-9-11-26-12-10-14/h5-8,14-16H,1-4,9-13H2,(H,23,24)(H2,21,22,25). The molecular formula is C20H28N2O5. The molecule has 0 bridgehead atoms. The molecule has 1 saturated carbocycles. The lowest BCUT2D eigenvalue weighted by Gasteiger charge is -2.26. The summed E-state index contributed by atoms with van der Waals surface area (Å²) in [7, 11) is 0. The van der Waals surface area contributed by atoms with E-state index in [-0.39, 0.29) is 18.0 Å². The highest BCUT2D eigenvalue weighted by Gasteiger charge is 2.26. The van der Waals surface area contributed by atoms with Crippen molar-refractivity contribution in [2.45, 2.75) is 44.6 Å². The van der Waals surface area contributed by atoms with E-state index in [2.05, 4.69) is 10.6 Å². The van der Waals surface area contributed by atoms with Gasteiger partial charge >= 0.3 is 12.0 Å². The molecule has 7 nitrogen and oxygen atoms in total. The van der Waals surface area contributed by atoms with Crippen LogP contribution in [0.5, 0.6) is 5.75 Å². The average molecular weight is 376 g/mol. The van der Waals surface area contributed by atoms with E-state index in [9.17, 15) is 9.59 Å². The second kappa shape index (κ2) is 9.60. The van der Waals surface area contributed by atoms with E-state index in [0.717, 1.165) is 31.8 Å². The molecule has 0 atom stereocenters. The predicted octanol–water partition coefficient (Wildman–Crippen LogP) is 3.26. The molecule has 2 amide bonds. The van der Waals surface area contributed by atoms with Gasteiger partial charge in [-0.1, -0.05) is 0 Å². The van der Waals surface area contributed by atoms with Gasteiger partial charge in [0.15, 0.2) is 0 Å². The van der Waals surface area contributed by atoms with Crippen molar-refractivity contribution in [1.82, 2.24) is 5.32 Å². The van der Waals surface area contributed by atoms with Crippen molar-refractivity contribution >= 4 is 17.7 Å². The zero-order chi connectivity index (χ0) is 19.1. The Bertz CT molecular complexity index is 620. The summed E-state index contributed by atoms with van der Waals surface area (Å²) in [6.45, 7) is 2.31. The van der Waals surface area contributed by atoms with Crippen molar-refractivity contribution in [2.75, 3.05) is 25.1 Å². The fourth-order valence-corrected chi connectivity index (χ4v) is 3.60. The topological polar surface area (TPSA) is 96.9 Å². The Morgan fingerprint density at radius 3 is 2.33 bits per heavy atom. The van der Waals surface area contributed by atoms with Crippen molar-refractivity contribution in [3.63, 3.8) is 0 Å². The number of hydrogen-bond donors (Lipinski definition) is 3. The maximum Gasteiger partial charge on any atom is 0.319 e. The van der Waals surface area contributed by atoms with Gasteiger partial charge in [-0.3, -0.25) is 4.79 Å². The van der Waals surface area contributed by atoms with E-state index in [1.807, 2.05) is 24.3 Å². The number of carboxylic acid groups (broad SMARTS) is 1. The molecule has 2 aliphatic rings. The van der Waals surface area contributed by atoms with Crippen LogP contribution in [0.3, 0.4) is 0 Å². The quantitative estimate of drug-likeness (QED) is 0.708. The van der Waals surface area contributed by atoms with Crippen LogP contribution in [0.25, 0.3) is 0 Å². The Kier molecular flexibility index (Phi) is 6.92. The Labute approximate surface area is 159 Å². The van der Waals surface area contributed by atoms with Crippen molar-refractivity contribution in [1.29, 1.82) is 0 Å². The molecule has 1 aliphatic carbocycles. The molecule has 7 heteroatoms. The minimum atomic E-state index is -0.739. The van der Waals surface area contributed by atoms with Gasteiger partial charge in [0.25, 0.3) is 0 Å². The number of anilines is 1. The number of benzene rings is 1. The molecular weight excluding hydrogens is 348 g/mol. The monoisotopic (exact) mass is 376 g/mol. The summed E-state index contributed by atoms with van der Waals surface area (Å²) in [4.78, 5) is 23.1. The first kappa shape index (κ1) is 19.5. The number of urea groups is 1. The number of carboxylic acids is 1. The molecule has 1 aliphatic heterocycles. The maximum absolute atomic E-state index is 12.1. The van der Waals surface area contributed by atoms with Gasteiger partial charge in [-0.05, 0) is 68.7 Å². The molecule has 1 aromatic carbocycles. The largest absolute Gasteiger partial charge is 0.493 e. The first-order chi connectivity index (χ1) is 13.1. The van der Waals surface area contributed by atoms with E-state index in [1.54, 1.807) is 0 Å². The van der Waals surface area contributed by atoms with Crippen LogP contribution in [-0.4, -0.2) is 43.0 Å². The summed E-state index contributed by atoms with van der Waals surface area (Å²) >= 11 is 0. The summed E-state index contributed by atoms with van der Waals surface area (Å²) < 4.78 is 11.2. The Morgan fingerprint density at radius 2 is 1.70 bits per heavy atom. The third kappa shape index (κ3) is 6.13. The van der Waals surface area contributed by atoms with Crippen LogP contribution >= 0.6 is 0 Å². The third-order valence-corrected chi connectivity index (χ3v) is 5.35. The molecule has 3 rings (SSSR count). The van der Waals surface area contributed by atoms with Crippen LogP contribution in [0.4, 0.5) is 10.5 Å². The lowest BCUT2D eigenvalue weighted by Crippen LogP contribution is -2.40. The van der Waals surface area contributed by atoms with Crippen molar-refractivity contribution in [2.24, 2.45) is 11.8 Å². The van der Waals surface area contributed by atoms with E-state index >= 15 is 0 Å². The Morgan fingerprint density at radius 1 is 1.04 bits per heavy atom. The molecule has 148 valence electrons. The second-order valence-corrected chi connectivity index (χ2v) is 7.38. The fourth-order valence-electron chi connectivity index (χ4n) is 3.60. The zero-order valence-corrected chi connectivity index (χ0v) is 15.5. The molecule has 0 unspecified atom stereocenters. The van der Waals surface area contributed by atoms with Gasteiger partial charge in [-0.15, -0.1) is 0 Å². The van der Waals surface area contributed by atoms with Crippen LogP contribution in [0, 0.1) is 11.8 Å². The number of nitrogens with one attached hydrogen (secondary N) is 2. The minimum absolute atomic E-state index is 0.0303. The molecule has 3 N–H and O–H groups in total. The maximum atomic E-state index is 12.1. The van der Waals surface area contributed by atoms with E-state index in [0.29, 0.717) is 43.9 Å². The number of carbonyl (C=O) groups is 2. The van der Waals surface area contributed by atoms with E-state index < -0.39 is 5.97 Å². The van der Waals surface area contributed by atoms with Crippen LogP contribution in [-0.2, 0) is 9.53 Å². The highest BCUT2D eigenvalue weighted by molar-refractivity contribution is 5.89. The highest BCUT2D eigenvalue weighted by atomic mass is 16.5. The number of carbonyl (C=O) groups excluding carboxylic acids is 1. The molecule has 1 saturated heterocycles. The molecule has 27 heavy (non-hydrogen) atoms. The number of ether oxygens (including phenoxy) is 2. The molecule has 2 fully saturated rings. The number of rotatable bonds is 6. The lowest BCUT2D eigenvalue weighted by molar-refractivity contribution is -0.142. The molecule has 0 aromatic heterocycles. The molecule has 0 spiro atoms. The van der Waals surface area contributed by atoms with Crippen LogP contribution in [0.2, 0.25) is 0 Å². The first-order valence-electron chi connectivity index (χ1n) is 9.71. The summed E-state index contributed by atoms with van der Waals surface area (Å²) in [6, 6.07) is 7.12. The SMILES string of the molecule is O=C(Nc1ccc(OCC2CCOCC2)cc1)NC1CCC(C(=O)O)CC1.